The molecule has 0 saturated carbocycles. The summed E-state index contributed by atoms with van der Waals surface area (Å²) in [5.41, 5.74) is 4.45. The number of hydrogen-bond acceptors (Lipinski definition) is 3. The Morgan fingerprint density at radius 3 is 2.17 bits per heavy atom. The maximum Gasteiger partial charge on any atom is 0.125 e. The SMILES string of the molecule is Cc1cccc(C)c1OCCC(C#N)c1ccc(N(C)C)cc1. The third kappa shape index (κ3) is 4.26. The second-order valence-corrected chi connectivity index (χ2v) is 6.03. The van der Waals surface area contributed by atoms with Gasteiger partial charge in [-0.1, -0.05) is 30.3 Å². The van der Waals surface area contributed by atoms with Crippen LogP contribution in [0.15, 0.2) is 42.5 Å². The Labute approximate surface area is 139 Å². The highest BCUT2D eigenvalue weighted by atomic mass is 16.5. The summed E-state index contributed by atoms with van der Waals surface area (Å²) >= 11 is 0. The van der Waals surface area contributed by atoms with E-state index in [2.05, 4.69) is 11.0 Å². The zero-order chi connectivity index (χ0) is 16.8. The van der Waals surface area contributed by atoms with E-state index >= 15 is 0 Å². The van der Waals surface area contributed by atoms with Gasteiger partial charge in [0.15, 0.2) is 0 Å². The normalized spacial score (nSPS) is 11.6. The molecule has 0 amide bonds. The lowest BCUT2D eigenvalue weighted by atomic mass is 9.97. The maximum absolute atomic E-state index is 9.45. The van der Waals surface area contributed by atoms with Crippen LogP contribution in [0.5, 0.6) is 5.75 Å². The van der Waals surface area contributed by atoms with Gasteiger partial charge in [-0.05, 0) is 42.7 Å². The number of hydrogen-bond donors (Lipinski definition) is 0. The predicted molar refractivity (Wildman–Crippen MR) is 95.2 cm³/mol. The zero-order valence-corrected chi connectivity index (χ0v) is 14.3. The average molecular weight is 308 g/mol. The number of ether oxygens (including phenoxy) is 1. The first-order valence-corrected chi connectivity index (χ1v) is 7.89. The lowest BCUT2D eigenvalue weighted by Crippen LogP contribution is -2.09. The van der Waals surface area contributed by atoms with Crippen LogP contribution in [-0.2, 0) is 0 Å². The third-order valence-electron chi connectivity index (χ3n) is 4.03. The van der Waals surface area contributed by atoms with E-state index in [4.69, 9.17) is 4.74 Å². The molecule has 3 nitrogen and oxygen atoms in total. The van der Waals surface area contributed by atoms with Crippen molar-refractivity contribution in [3.8, 4) is 11.8 Å². The first-order chi connectivity index (χ1) is 11.0. The van der Waals surface area contributed by atoms with Crippen LogP contribution in [0.1, 0.15) is 29.0 Å². The highest BCUT2D eigenvalue weighted by molar-refractivity contribution is 5.47. The molecule has 0 aliphatic carbocycles. The van der Waals surface area contributed by atoms with Crippen LogP contribution in [0.3, 0.4) is 0 Å². The number of nitriles is 1. The average Bonchev–Trinajstić information content (AvgIpc) is 2.54. The summed E-state index contributed by atoms with van der Waals surface area (Å²) in [4.78, 5) is 2.05. The van der Waals surface area contributed by atoms with E-state index in [9.17, 15) is 5.26 Å². The van der Waals surface area contributed by atoms with Crippen molar-refractivity contribution in [3.05, 3.63) is 59.2 Å². The fourth-order valence-corrected chi connectivity index (χ4v) is 2.62. The minimum absolute atomic E-state index is 0.143. The van der Waals surface area contributed by atoms with Crippen molar-refractivity contribution in [3.63, 3.8) is 0 Å². The second kappa shape index (κ2) is 7.69. The van der Waals surface area contributed by atoms with E-state index in [1.165, 1.54) is 0 Å². The third-order valence-corrected chi connectivity index (χ3v) is 4.03. The molecule has 0 aliphatic heterocycles. The topological polar surface area (TPSA) is 36.3 Å². The molecular formula is C20H24N2O. The predicted octanol–water partition coefficient (Wildman–Crippen LogP) is 4.45. The van der Waals surface area contributed by atoms with Crippen molar-refractivity contribution in [1.82, 2.24) is 0 Å². The summed E-state index contributed by atoms with van der Waals surface area (Å²) in [7, 11) is 4.02. The molecule has 120 valence electrons. The van der Waals surface area contributed by atoms with Gasteiger partial charge in [-0.25, -0.2) is 0 Å². The lowest BCUT2D eigenvalue weighted by molar-refractivity contribution is 0.302. The standard InChI is InChI=1S/C20H24N2O/c1-15-6-5-7-16(2)20(15)23-13-12-18(14-21)17-8-10-19(11-9-17)22(3)4/h5-11,18H,12-13H2,1-4H3. The molecule has 0 saturated heterocycles. The summed E-state index contributed by atoms with van der Waals surface area (Å²) < 4.78 is 5.92. The number of para-hydroxylation sites is 1. The minimum Gasteiger partial charge on any atom is -0.493 e. The highest BCUT2D eigenvalue weighted by Gasteiger charge is 2.12. The van der Waals surface area contributed by atoms with Crippen LogP contribution in [0.2, 0.25) is 0 Å². The summed E-state index contributed by atoms with van der Waals surface area (Å²) in [5.74, 6) is 0.794. The molecule has 23 heavy (non-hydrogen) atoms. The summed E-state index contributed by atoms with van der Waals surface area (Å²) in [6.45, 7) is 4.63. The van der Waals surface area contributed by atoms with Gasteiger partial charge in [0.2, 0.25) is 0 Å². The molecule has 2 rings (SSSR count). The lowest BCUT2D eigenvalue weighted by Gasteiger charge is -2.16. The van der Waals surface area contributed by atoms with Gasteiger partial charge in [-0.3, -0.25) is 0 Å². The van der Waals surface area contributed by atoms with Crippen molar-refractivity contribution in [2.45, 2.75) is 26.2 Å². The zero-order valence-electron chi connectivity index (χ0n) is 14.3. The first kappa shape index (κ1) is 16.9. The van der Waals surface area contributed by atoms with Gasteiger partial charge in [-0.2, -0.15) is 5.26 Å². The van der Waals surface area contributed by atoms with Crippen molar-refractivity contribution in [1.29, 1.82) is 5.26 Å². The Bertz CT molecular complexity index is 664. The molecule has 2 aromatic carbocycles. The molecule has 0 bridgehead atoms. The first-order valence-electron chi connectivity index (χ1n) is 7.89. The summed E-state index contributed by atoms with van der Waals surface area (Å²) in [6, 6.07) is 16.7. The van der Waals surface area contributed by atoms with E-state index in [1.807, 2.05) is 70.4 Å². The number of benzene rings is 2. The molecule has 0 aromatic heterocycles. The van der Waals surface area contributed by atoms with Crippen LogP contribution in [0, 0.1) is 25.2 Å². The molecular weight excluding hydrogens is 284 g/mol. The van der Waals surface area contributed by atoms with E-state index in [-0.39, 0.29) is 5.92 Å². The Morgan fingerprint density at radius 2 is 1.65 bits per heavy atom. The van der Waals surface area contributed by atoms with Gasteiger partial charge in [0.25, 0.3) is 0 Å². The quantitative estimate of drug-likeness (QED) is 0.791. The van der Waals surface area contributed by atoms with Gasteiger partial charge in [-0.15, -0.1) is 0 Å². The van der Waals surface area contributed by atoms with Crippen LogP contribution >= 0.6 is 0 Å². The summed E-state index contributed by atoms with van der Waals surface area (Å²) in [6.07, 6.45) is 0.686. The smallest absolute Gasteiger partial charge is 0.125 e. The maximum atomic E-state index is 9.45. The number of aryl methyl sites for hydroxylation is 2. The van der Waals surface area contributed by atoms with Crippen molar-refractivity contribution in [2.75, 3.05) is 25.6 Å². The van der Waals surface area contributed by atoms with E-state index < -0.39 is 0 Å². The second-order valence-electron chi connectivity index (χ2n) is 6.03. The molecule has 0 radical (unpaired) electrons. The molecule has 0 spiro atoms. The molecule has 0 aliphatic rings. The largest absolute Gasteiger partial charge is 0.493 e. The van der Waals surface area contributed by atoms with Crippen molar-refractivity contribution >= 4 is 5.69 Å². The van der Waals surface area contributed by atoms with Gasteiger partial charge < -0.3 is 9.64 Å². The number of rotatable bonds is 6. The van der Waals surface area contributed by atoms with E-state index in [0.717, 1.165) is 28.1 Å². The van der Waals surface area contributed by atoms with Crippen LogP contribution in [0.25, 0.3) is 0 Å². The molecule has 3 heteroatoms. The number of nitrogens with zero attached hydrogens (tertiary/aromatic N) is 2. The molecule has 1 atom stereocenters. The fourth-order valence-electron chi connectivity index (χ4n) is 2.62. The molecule has 0 heterocycles. The minimum atomic E-state index is -0.143. The Kier molecular flexibility index (Phi) is 5.65. The van der Waals surface area contributed by atoms with E-state index in [0.29, 0.717) is 13.0 Å². The monoisotopic (exact) mass is 308 g/mol. The van der Waals surface area contributed by atoms with Gasteiger partial charge in [0.1, 0.15) is 5.75 Å². The molecule has 2 aromatic rings. The summed E-state index contributed by atoms with van der Waals surface area (Å²) in [5, 5.41) is 9.45. The van der Waals surface area contributed by atoms with Crippen LogP contribution < -0.4 is 9.64 Å². The van der Waals surface area contributed by atoms with Gasteiger partial charge in [0, 0.05) is 26.2 Å². The van der Waals surface area contributed by atoms with Crippen LogP contribution in [0.4, 0.5) is 5.69 Å². The van der Waals surface area contributed by atoms with Crippen molar-refractivity contribution < 1.29 is 4.74 Å². The number of anilines is 1. The Morgan fingerprint density at radius 1 is 1.04 bits per heavy atom. The molecule has 1 unspecified atom stereocenters. The Balaban J connectivity index is 1.99. The Hall–Kier alpha value is -2.47. The highest BCUT2D eigenvalue weighted by Crippen LogP contribution is 2.25. The van der Waals surface area contributed by atoms with Gasteiger partial charge in [0.05, 0.1) is 18.6 Å². The van der Waals surface area contributed by atoms with Crippen molar-refractivity contribution in [2.24, 2.45) is 0 Å². The fraction of sp³-hybridized carbons (Fsp3) is 0.350. The van der Waals surface area contributed by atoms with Gasteiger partial charge >= 0.3 is 0 Å². The molecule has 0 N–H and O–H groups in total. The molecule has 0 fully saturated rings. The van der Waals surface area contributed by atoms with Crippen LogP contribution in [-0.4, -0.2) is 20.7 Å². The van der Waals surface area contributed by atoms with E-state index in [1.54, 1.807) is 0 Å².